The Labute approximate surface area is 125 Å². The molecule has 0 spiro atoms. The number of aromatic nitrogens is 2. The van der Waals surface area contributed by atoms with Gasteiger partial charge in [-0.1, -0.05) is 0 Å². The summed E-state index contributed by atoms with van der Waals surface area (Å²) in [5, 5.41) is 0. The van der Waals surface area contributed by atoms with Gasteiger partial charge in [0.25, 0.3) is 5.91 Å². The quantitative estimate of drug-likeness (QED) is 0.794. The minimum Gasteiger partial charge on any atom is -0.444 e. The SMILES string of the molecule is CC(=O)OC1(C)C(=O)N(c2ncccn2)c2cc(F)ccc21. The lowest BCUT2D eigenvalue weighted by molar-refractivity contribution is -0.163. The van der Waals surface area contributed by atoms with Crippen LogP contribution in [0.4, 0.5) is 16.0 Å². The van der Waals surface area contributed by atoms with Crippen LogP contribution >= 0.6 is 0 Å². The van der Waals surface area contributed by atoms with Crippen molar-refractivity contribution in [3.05, 3.63) is 48.0 Å². The Morgan fingerprint density at radius 3 is 2.64 bits per heavy atom. The lowest BCUT2D eigenvalue weighted by atomic mass is 9.97. The molecule has 0 bridgehead atoms. The number of halogens is 1. The Hall–Kier alpha value is -2.83. The second kappa shape index (κ2) is 4.87. The highest BCUT2D eigenvalue weighted by molar-refractivity contribution is 6.11. The lowest BCUT2D eigenvalue weighted by Gasteiger charge is -2.23. The predicted octanol–water partition coefficient (Wildman–Crippen LogP) is 2.07. The Morgan fingerprint density at radius 2 is 2.00 bits per heavy atom. The van der Waals surface area contributed by atoms with E-state index in [9.17, 15) is 14.0 Å². The van der Waals surface area contributed by atoms with Crippen LogP contribution in [0.5, 0.6) is 0 Å². The number of benzene rings is 1. The van der Waals surface area contributed by atoms with Gasteiger partial charge in [0, 0.05) is 24.9 Å². The molecule has 1 aromatic heterocycles. The van der Waals surface area contributed by atoms with Gasteiger partial charge in [-0.3, -0.25) is 9.59 Å². The number of hydrogen-bond acceptors (Lipinski definition) is 5. The third kappa shape index (κ3) is 2.02. The third-order valence-corrected chi connectivity index (χ3v) is 3.43. The summed E-state index contributed by atoms with van der Waals surface area (Å²) in [5.74, 6) is -1.58. The van der Waals surface area contributed by atoms with Gasteiger partial charge in [0.2, 0.25) is 11.5 Å². The molecule has 7 heteroatoms. The molecule has 2 aromatic rings. The van der Waals surface area contributed by atoms with E-state index in [1.807, 2.05) is 0 Å². The standard InChI is InChI=1S/C15H12FN3O3/c1-9(20)22-15(2)11-5-4-10(16)8-12(11)19(13(15)21)14-17-6-3-7-18-14/h3-8H,1-2H3. The molecule has 1 aliphatic heterocycles. The van der Waals surface area contributed by atoms with Gasteiger partial charge in [0.05, 0.1) is 5.69 Å². The average Bonchev–Trinajstić information content (AvgIpc) is 2.67. The van der Waals surface area contributed by atoms with Gasteiger partial charge in [-0.05, 0) is 31.2 Å². The number of amides is 1. The largest absolute Gasteiger partial charge is 0.444 e. The smallest absolute Gasteiger partial charge is 0.304 e. The normalized spacial score (nSPS) is 20.0. The van der Waals surface area contributed by atoms with Crippen molar-refractivity contribution in [3.8, 4) is 0 Å². The molecular formula is C15H12FN3O3. The number of rotatable bonds is 2. The lowest BCUT2D eigenvalue weighted by Crippen LogP contribution is -2.39. The van der Waals surface area contributed by atoms with Crippen LogP contribution in [0.25, 0.3) is 0 Å². The van der Waals surface area contributed by atoms with Crippen molar-refractivity contribution in [2.45, 2.75) is 19.4 Å². The molecule has 1 aliphatic rings. The minimum atomic E-state index is -1.53. The molecule has 3 rings (SSSR count). The molecule has 0 saturated heterocycles. The first-order chi connectivity index (χ1) is 10.4. The van der Waals surface area contributed by atoms with Crippen molar-refractivity contribution in [2.24, 2.45) is 0 Å². The first kappa shape index (κ1) is 14.1. The van der Waals surface area contributed by atoms with E-state index >= 15 is 0 Å². The first-order valence-corrected chi connectivity index (χ1v) is 6.54. The van der Waals surface area contributed by atoms with Crippen LogP contribution in [0.15, 0.2) is 36.7 Å². The zero-order valence-corrected chi connectivity index (χ0v) is 11.9. The molecule has 0 saturated carbocycles. The molecule has 2 heterocycles. The van der Waals surface area contributed by atoms with Crippen LogP contribution in [0.3, 0.4) is 0 Å². The molecule has 22 heavy (non-hydrogen) atoms. The van der Waals surface area contributed by atoms with Crippen LogP contribution in [-0.2, 0) is 19.9 Å². The summed E-state index contributed by atoms with van der Waals surface area (Å²) in [6.07, 6.45) is 2.94. The van der Waals surface area contributed by atoms with Crippen LogP contribution in [0.2, 0.25) is 0 Å². The maximum Gasteiger partial charge on any atom is 0.304 e. The van der Waals surface area contributed by atoms with E-state index in [2.05, 4.69) is 9.97 Å². The van der Waals surface area contributed by atoms with E-state index in [0.29, 0.717) is 5.56 Å². The Balaban J connectivity index is 2.21. The van der Waals surface area contributed by atoms with E-state index in [-0.39, 0.29) is 11.6 Å². The van der Waals surface area contributed by atoms with Crippen molar-refractivity contribution < 1.29 is 18.7 Å². The number of nitrogens with zero attached hydrogens (tertiary/aromatic N) is 3. The molecule has 1 aromatic carbocycles. The van der Waals surface area contributed by atoms with Gasteiger partial charge in [0.1, 0.15) is 5.82 Å². The number of anilines is 2. The summed E-state index contributed by atoms with van der Waals surface area (Å²) in [6.45, 7) is 2.68. The van der Waals surface area contributed by atoms with E-state index in [1.165, 1.54) is 44.4 Å². The fourth-order valence-electron chi connectivity index (χ4n) is 2.52. The molecule has 0 aliphatic carbocycles. The molecule has 112 valence electrons. The summed E-state index contributed by atoms with van der Waals surface area (Å²) < 4.78 is 18.8. The van der Waals surface area contributed by atoms with Crippen LogP contribution in [0, 0.1) is 5.82 Å². The molecule has 1 amide bonds. The first-order valence-electron chi connectivity index (χ1n) is 6.54. The molecular weight excluding hydrogens is 289 g/mol. The topological polar surface area (TPSA) is 72.4 Å². The molecule has 0 radical (unpaired) electrons. The zero-order valence-electron chi connectivity index (χ0n) is 11.9. The van der Waals surface area contributed by atoms with Gasteiger partial charge in [-0.15, -0.1) is 0 Å². The highest BCUT2D eigenvalue weighted by Crippen LogP contribution is 2.45. The molecule has 0 fully saturated rings. The van der Waals surface area contributed by atoms with Crippen LogP contribution in [0.1, 0.15) is 19.4 Å². The molecule has 6 nitrogen and oxygen atoms in total. The fourth-order valence-corrected chi connectivity index (χ4v) is 2.52. The van der Waals surface area contributed by atoms with Crippen molar-refractivity contribution in [2.75, 3.05) is 4.90 Å². The maximum atomic E-state index is 13.6. The Bertz CT molecular complexity index is 766. The van der Waals surface area contributed by atoms with E-state index in [0.717, 1.165) is 4.90 Å². The van der Waals surface area contributed by atoms with Gasteiger partial charge < -0.3 is 4.74 Å². The predicted molar refractivity (Wildman–Crippen MR) is 74.7 cm³/mol. The molecule has 1 atom stereocenters. The summed E-state index contributed by atoms with van der Waals surface area (Å²) in [5.41, 5.74) is -0.879. The van der Waals surface area contributed by atoms with Crippen molar-refractivity contribution >= 4 is 23.5 Å². The van der Waals surface area contributed by atoms with E-state index < -0.39 is 23.3 Å². The second-order valence-electron chi connectivity index (χ2n) is 4.98. The zero-order chi connectivity index (χ0) is 15.9. The summed E-state index contributed by atoms with van der Waals surface area (Å²) >= 11 is 0. The number of ether oxygens (including phenoxy) is 1. The maximum absolute atomic E-state index is 13.6. The summed E-state index contributed by atoms with van der Waals surface area (Å²) in [6, 6.07) is 5.43. The van der Waals surface area contributed by atoms with Gasteiger partial charge in [0.15, 0.2) is 0 Å². The Morgan fingerprint density at radius 1 is 1.32 bits per heavy atom. The summed E-state index contributed by atoms with van der Waals surface area (Å²) in [4.78, 5) is 33.3. The van der Waals surface area contributed by atoms with Crippen LogP contribution < -0.4 is 4.90 Å². The van der Waals surface area contributed by atoms with Crippen molar-refractivity contribution in [1.82, 2.24) is 9.97 Å². The van der Waals surface area contributed by atoms with Gasteiger partial charge in [-0.25, -0.2) is 19.3 Å². The van der Waals surface area contributed by atoms with Crippen LogP contribution in [-0.4, -0.2) is 21.8 Å². The molecule has 0 N–H and O–H groups in total. The Kier molecular flexibility index (Phi) is 3.13. The van der Waals surface area contributed by atoms with Gasteiger partial charge in [-0.2, -0.15) is 0 Å². The monoisotopic (exact) mass is 301 g/mol. The van der Waals surface area contributed by atoms with Crippen molar-refractivity contribution in [3.63, 3.8) is 0 Å². The number of fused-ring (bicyclic) bond motifs is 1. The van der Waals surface area contributed by atoms with E-state index in [1.54, 1.807) is 6.07 Å². The van der Waals surface area contributed by atoms with Gasteiger partial charge >= 0.3 is 5.97 Å². The third-order valence-electron chi connectivity index (χ3n) is 3.43. The minimum absolute atomic E-state index is 0.0928. The van der Waals surface area contributed by atoms with Crippen molar-refractivity contribution in [1.29, 1.82) is 0 Å². The second-order valence-corrected chi connectivity index (χ2v) is 4.98. The number of esters is 1. The highest BCUT2D eigenvalue weighted by Gasteiger charge is 2.52. The summed E-state index contributed by atoms with van der Waals surface area (Å²) in [7, 11) is 0. The number of carbonyl (C=O) groups excluding carboxylic acids is 2. The highest BCUT2D eigenvalue weighted by atomic mass is 19.1. The molecule has 1 unspecified atom stereocenters. The van der Waals surface area contributed by atoms with E-state index in [4.69, 9.17) is 4.74 Å². The fraction of sp³-hybridized carbons (Fsp3) is 0.200. The average molecular weight is 301 g/mol. The number of carbonyl (C=O) groups is 2. The number of hydrogen-bond donors (Lipinski definition) is 0.